The van der Waals surface area contributed by atoms with Gasteiger partial charge in [-0.15, -0.1) is 0 Å². The van der Waals surface area contributed by atoms with Gasteiger partial charge in [0.2, 0.25) is 0 Å². The van der Waals surface area contributed by atoms with Crippen molar-refractivity contribution in [3.8, 4) is 5.75 Å². The number of aliphatic carboxylic acids is 1. The van der Waals surface area contributed by atoms with Gasteiger partial charge in [0, 0.05) is 11.5 Å². The Bertz CT molecular complexity index is 536. The molecule has 0 fully saturated rings. The minimum Gasteiger partial charge on any atom is -0.493 e. The molecule has 0 spiro atoms. The van der Waals surface area contributed by atoms with Crippen LogP contribution in [0, 0.1) is 18.8 Å². The Morgan fingerprint density at radius 2 is 2.10 bits per heavy atom. The Kier molecular flexibility index (Phi) is 5.02. The number of hydrogen-bond donors (Lipinski definition) is 2. The number of ether oxygens (including phenoxy) is 1. The van der Waals surface area contributed by atoms with Gasteiger partial charge in [-0.3, -0.25) is 4.79 Å². The van der Waals surface area contributed by atoms with Crippen molar-refractivity contribution in [1.82, 2.24) is 0 Å². The van der Waals surface area contributed by atoms with E-state index in [1.807, 2.05) is 44.2 Å². The Morgan fingerprint density at radius 3 is 2.76 bits per heavy atom. The van der Waals surface area contributed by atoms with Crippen LogP contribution in [0.2, 0.25) is 0 Å². The van der Waals surface area contributed by atoms with Crippen LogP contribution in [0.5, 0.6) is 5.75 Å². The topological polar surface area (TPSA) is 66.8 Å². The maximum absolute atomic E-state index is 11.4. The third kappa shape index (κ3) is 3.45. The summed E-state index contributed by atoms with van der Waals surface area (Å²) >= 11 is 0. The van der Waals surface area contributed by atoms with Crippen molar-refractivity contribution >= 4 is 5.97 Å². The van der Waals surface area contributed by atoms with Crippen LogP contribution in [0.1, 0.15) is 37.0 Å². The van der Waals surface area contributed by atoms with Gasteiger partial charge in [-0.05, 0) is 38.8 Å². The fourth-order valence-electron chi connectivity index (χ4n) is 2.88. The molecule has 3 unspecified atom stereocenters. The van der Waals surface area contributed by atoms with Gasteiger partial charge in [-0.2, -0.15) is 0 Å². The Morgan fingerprint density at radius 1 is 1.38 bits per heavy atom. The van der Waals surface area contributed by atoms with Gasteiger partial charge < -0.3 is 14.9 Å². The third-order valence-electron chi connectivity index (χ3n) is 3.99. The molecule has 0 saturated carbocycles. The average Bonchev–Trinajstić information content (AvgIpc) is 2.48. The summed E-state index contributed by atoms with van der Waals surface area (Å²) in [6.45, 7) is 4.34. The number of aryl methyl sites for hydroxylation is 1. The van der Waals surface area contributed by atoms with E-state index >= 15 is 0 Å². The summed E-state index contributed by atoms with van der Waals surface area (Å²) in [6, 6.07) is 5.65. The average molecular weight is 290 g/mol. The number of carboxylic acids is 1. The van der Waals surface area contributed by atoms with E-state index in [4.69, 9.17) is 4.74 Å². The van der Waals surface area contributed by atoms with E-state index in [9.17, 15) is 15.0 Å². The molecule has 1 aliphatic carbocycles. The molecule has 21 heavy (non-hydrogen) atoms. The second-order valence-electron chi connectivity index (χ2n) is 5.47. The molecule has 3 atom stereocenters. The molecule has 0 aromatic heterocycles. The van der Waals surface area contributed by atoms with E-state index in [0.717, 1.165) is 5.56 Å². The molecule has 0 heterocycles. The number of rotatable bonds is 5. The molecule has 1 aromatic rings. The van der Waals surface area contributed by atoms with Crippen molar-refractivity contribution in [3.05, 3.63) is 41.5 Å². The molecule has 0 saturated heterocycles. The SMILES string of the molecule is CCOc1ccc(C)cc1C(O)C1CC=CCC1C(=O)O. The molecule has 2 N–H and O–H groups in total. The normalized spacial score (nSPS) is 22.8. The molecule has 1 aromatic carbocycles. The standard InChI is InChI=1S/C17H22O4/c1-3-21-15-9-8-11(2)10-14(15)16(18)12-6-4-5-7-13(12)17(19)20/h4-5,8-10,12-13,16,18H,3,6-7H2,1-2H3,(H,19,20). The number of carboxylic acid groups (broad SMARTS) is 1. The maximum Gasteiger partial charge on any atom is 0.307 e. The van der Waals surface area contributed by atoms with Crippen LogP contribution in [-0.2, 0) is 4.79 Å². The van der Waals surface area contributed by atoms with Gasteiger partial charge in [0.05, 0.1) is 18.6 Å². The largest absolute Gasteiger partial charge is 0.493 e. The van der Waals surface area contributed by atoms with Crippen molar-refractivity contribution in [1.29, 1.82) is 0 Å². The second kappa shape index (κ2) is 6.76. The monoisotopic (exact) mass is 290 g/mol. The van der Waals surface area contributed by atoms with Gasteiger partial charge in [-0.25, -0.2) is 0 Å². The Hall–Kier alpha value is -1.81. The van der Waals surface area contributed by atoms with Crippen molar-refractivity contribution in [2.24, 2.45) is 11.8 Å². The van der Waals surface area contributed by atoms with Crippen molar-refractivity contribution in [3.63, 3.8) is 0 Å². The van der Waals surface area contributed by atoms with E-state index in [-0.39, 0.29) is 5.92 Å². The molecular weight excluding hydrogens is 268 g/mol. The van der Waals surface area contributed by atoms with Crippen molar-refractivity contribution in [2.45, 2.75) is 32.8 Å². The summed E-state index contributed by atoms with van der Waals surface area (Å²) in [5.74, 6) is -1.10. The van der Waals surface area contributed by atoms with E-state index in [0.29, 0.717) is 30.8 Å². The van der Waals surface area contributed by atoms with Gasteiger partial charge in [0.25, 0.3) is 0 Å². The molecule has 4 nitrogen and oxygen atoms in total. The van der Waals surface area contributed by atoms with E-state index in [1.54, 1.807) is 0 Å². The summed E-state index contributed by atoms with van der Waals surface area (Å²) in [7, 11) is 0. The number of allylic oxidation sites excluding steroid dienone is 2. The summed E-state index contributed by atoms with van der Waals surface area (Å²) < 4.78 is 5.57. The maximum atomic E-state index is 11.4. The third-order valence-corrected chi connectivity index (χ3v) is 3.99. The molecule has 1 aliphatic rings. The zero-order chi connectivity index (χ0) is 15.4. The van der Waals surface area contributed by atoms with Crippen LogP contribution in [0.25, 0.3) is 0 Å². The molecule has 2 rings (SSSR count). The first kappa shape index (κ1) is 15.6. The van der Waals surface area contributed by atoms with Crippen LogP contribution < -0.4 is 4.74 Å². The first-order chi connectivity index (χ1) is 10.0. The van der Waals surface area contributed by atoms with Crippen molar-refractivity contribution < 1.29 is 19.7 Å². The molecule has 0 bridgehead atoms. The highest BCUT2D eigenvalue weighted by Crippen LogP contribution is 2.39. The lowest BCUT2D eigenvalue weighted by Crippen LogP contribution is -2.30. The molecule has 0 radical (unpaired) electrons. The first-order valence-corrected chi connectivity index (χ1v) is 7.33. The Labute approximate surface area is 125 Å². The number of hydrogen-bond acceptors (Lipinski definition) is 3. The van der Waals surface area contributed by atoms with Crippen LogP contribution in [0.3, 0.4) is 0 Å². The summed E-state index contributed by atoms with van der Waals surface area (Å²) in [5.41, 5.74) is 1.70. The lowest BCUT2D eigenvalue weighted by molar-refractivity contribution is -0.145. The summed E-state index contributed by atoms with van der Waals surface area (Å²) in [5, 5.41) is 20.1. The number of benzene rings is 1. The highest BCUT2D eigenvalue weighted by atomic mass is 16.5. The second-order valence-corrected chi connectivity index (χ2v) is 5.47. The Balaban J connectivity index is 2.33. The van der Waals surface area contributed by atoms with Gasteiger partial charge in [0.15, 0.2) is 0 Å². The minimum absolute atomic E-state index is 0.325. The summed E-state index contributed by atoms with van der Waals surface area (Å²) in [4.78, 5) is 11.4. The fraction of sp³-hybridized carbons (Fsp3) is 0.471. The van der Waals surface area contributed by atoms with Gasteiger partial charge in [0.1, 0.15) is 5.75 Å². The van der Waals surface area contributed by atoms with Crippen LogP contribution >= 0.6 is 0 Å². The van der Waals surface area contributed by atoms with Gasteiger partial charge in [-0.1, -0.05) is 23.8 Å². The number of aliphatic hydroxyl groups is 1. The molecule has 114 valence electrons. The van der Waals surface area contributed by atoms with E-state index < -0.39 is 18.0 Å². The lowest BCUT2D eigenvalue weighted by Gasteiger charge is -2.30. The van der Waals surface area contributed by atoms with E-state index in [1.165, 1.54) is 0 Å². The zero-order valence-corrected chi connectivity index (χ0v) is 12.5. The smallest absolute Gasteiger partial charge is 0.307 e. The lowest BCUT2D eigenvalue weighted by atomic mass is 9.77. The molecular formula is C17H22O4. The number of aliphatic hydroxyl groups excluding tert-OH is 1. The predicted molar refractivity (Wildman–Crippen MR) is 80.3 cm³/mol. The fourth-order valence-corrected chi connectivity index (χ4v) is 2.88. The van der Waals surface area contributed by atoms with E-state index in [2.05, 4.69) is 0 Å². The molecule has 4 heteroatoms. The first-order valence-electron chi connectivity index (χ1n) is 7.33. The predicted octanol–water partition coefficient (Wildman–Crippen LogP) is 3.09. The highest BCUT2D eigenvalue weighted by molar-refractivity contribution is 5.71. The van der Waals surface area contributed by atoms with Crippen molar-refractivity contribution in [2.75, 3.05) is 6.61 Å². The molecule has 0 amide bonds. The number of carbonyl (C=O) groups is 1. The minimum atomic E-state index is -0.853. The zero-order valence-electron chi connectivity index (χ0n) is 12.5. The van der Waals surface area contributed by atoms with Gasteiger partial charge >= 0.3 is 5.97 Å². The highest BCUT2D eigenvalue weighted by Gasteiger charge is 2.35. The van der Waals surface area contributed by atoms with Crippen LogP contribution in [0.15, 0.2) is 30.4 Å². The quantitative estimate of drug-likeness (QED) is 0.818. The summed E-state index contributed by atoms with van der Waals surface area (Å²) in [6.07, 6.45) is 4.02. The van der Waals surface area contributed by atoms with Crippen LogP contribution in [0.4, 0.5) is 0 Å². The molecule has 0 aliphatic heterocycles. The van der Waals surface area contributed by atoms with Crippen LogP contribution in [-0.4, -0.2) is 22.8 Å².